The van der Waals surface area contributed by atoms with Crippen LogP contribution in [0, 0.1) is 5.92 Å². The van der Waals surface area contributed by atoms with E-state index in [0.717, 1.165) is 19.3 Å². The van der Waals surface area contributed by atoms with Crippen LogP contribution in [0.25, 0.3) is 0 Å². The Morgan fingerprint density at radius 1 is 1.25 bits per heavy atom. The number of likely N-dealkylation sites (tertiary alicyclic amines) is 2. The summed E-state index contributed by atoms with van der Waals surface area (Å²) in [6, 6.07) is 0. The van der Waals surface area contributed by atoms with Gasteiger partial charge in [-0.3, -0.25) is 24.2 Å². The van der Waals surface area contributed by atoms with Crippen LogP contribution in [0.3, 0.4) is 0 Å². The lowest BCUT2D eigenvalue weighted by Crippen LogP contribution is -2.44. The fourth-order valence-corrected chi connectivity index (χ4v) is 2.78. The van der Waals surface area contributed by atoms with Crippen molar-refractivity contribution < 1.29 is 19.1 Å². The van der Waals surface area contributed by atoms with Gasteiger partial charge >= 0.3 is 5.97 Å². The molecule has 20 heavy (non-hydrogen) atoms. The summed E-state index contributed by atoms with van der Waals surface area (Å²) in [7, 11) is 0. The monoisotopic (exact) mass is 282 g/mol. The van der Waals surface area contributed by atoms with Gasteiger partial charge in [-0.05, 0) is 39.3 Å². The fraction of sp³-hybridized carbons (Fsp3) is 0.786. The number of esters is 1. The first-order valence-electron chi connectivity index (χ1n) is 7.34. The van der Waals surface area contributed by atoms with Gasteiger partial charge in [-0.15, -0.1) is 0 Å². The number of ether oxygens (including phenoxy) is 1. The third-order valence-electron chi connectivity index (χ3n) is 3.94. The van der Waals surface area contributed by atoms with Crippen molar-refractivity contribution in [1.82, 2.24) is 9.80 Å². The van der Waals surface area contributed by atoms with Crippen LogP contribution in [-0.2, 0) is 19.1 Å². The minimum Gasteiger partial charge on any atom is -0.466 e. The van der Waals surface area contributed by atoms with E-state index in [1.165, 1.54) is 4.90 Å². The summed E-state index contributed by atoms with van der Waals surface area (Å²) < 4.78 is 5.02. The summed E-state index contributed by atoms with van der Waals surface area (Å²) in [6.45, 7) is 4.46. The molecule has 6 heteroatoms. The summed E-state index contributed by atoms with van der Waals surface area (Å²) in [4.78, 5) is 38.5. The number of hydrogen-bond donors (Lipinski definition) is 0. The Balaban J connectivity index is 1.75. The van der Waals surface area contributed by atoms with Gasteiger partial charge in [-0.2, -0.15) is 0 Å². The lowest BCUT2D eigenvalue weighted by Gasteiger charge is -2.31. The zero-order valence-corrected chi connectivity index (χ0v) is 12.0. The number of carbonyl (C=O) groups excluding carboxylic acids is 3. The molecule has 0 N–H and O–H groups in total. The Kier molecular flexibility index (Phi) is 5.11. The zero-order valence-electron chi connectivity index (χ0n) is 12.0. The molecule has 2 fully saturated rings. The Morgan fingerprint density at radius 2 is 1.95 bits per heavy atom. The minimum absolute atomic E-state index is 0.0466. The third kappa shape index (κ3) is 3.56. The van der Waals surface area contributed by atoms with E-state index in [1.54, 1.807) is 6.92 Å². The standard InChI is InChI=1S/C14H22N2O4/c1-2-20-14(19)11-5-8-15(9-6-11)10-13(18)16-7-3-4-12(16)17/h11H,2-10H2,1H3. The van der Waals surface area contributed by atoms with Gasteiger partial charge in [0.2, 0.25) is 11.8 Å². The van der Waals surface area contributed by atoms with Crippen LogP contribution in [-0.4, -0.2) is 60.4 Å². The molecule has 0 bridgehead atoms. The molecule has 112 valence electrons. The summed E-state index contributed by atoms with van der Waals surface area (Å²) in [5.41, 5.74) is 0. The number of amides is 2. The predicted molar refractivity (Wildman–Crippen MR) is 71.8 cm³/mol. The Labute approximate surface area is 119 Å². The maximum Gasteiger partial charge on any atom is 0.309 e. The summed E-state index contributed by atoms with van der Waals surface area (Å²) >= 11 is 0. The van der Waals surface area contributed by atoms with Gasteiger partial charge in [0.15, 0.2) is 0 Å². The van der Waals surface area contributed by atoms with Crippen LogP contribution in [0.1, 0.15) is 32.6 Å². The van der Waals surface area contributed by atoms with E-state index in [4.69, 9.17) is 4.74 Å². The van der Waals surface area contributed by atoms with Gasteiger partial charge in [-0.1, -0.05) is 0 Å². The lowest BCUT2D eigenvalue weighted by atomic mass is 9.97. The molecule has 0 aliphatic carbocycles. The molecule has 0 radical (unpaired) electrons. The minimum atomic E-state index is -0.131. The predicted octanol–water partition coefficient (Wildman–Crippen LogP) is 0.410. The molecule has 0 spiro atoms. The molecule has 2 amide bonds. The summed E-state index contributed by atoms with van der Waals surface area (Å²) in [5.74, 6) is -0.346. The summed E-state index contributed by atoms with van der Waals surface area (Å²) in [6.07, 6.45) is 2.70. The molecule has 2 aliphatic rings. The van der Waals surface area contributed by atoms with Crippen molar-refractivity contribution >= 4 is 17.8 Å². The van der Waals surface area contributed by atoms with Gasteiger partial charge in [0, 0.05) is 13.0 Å². The smallest absolute Gasteiger partial charge is 0.309 e. The second-order valence-electron chi connectivity index (χ2n) is 5.35. The fourth-order valence-electron chi connectivity index (χ4n) is 2.78. The maximum absolute atomic E-state index is 12.0. The third-order valence-corrected chi connectivity index (χ3v) is 3.94. The number of piperidine rings is 1. The van der Waals surface area contributed by atoms with Gasteiger partial charge in [0.1, 0.15) is 0 Å². The number of imide groups is 1. The quantitative estimate of drug-likeness (QED) is 0.699. The highest BCUT2D eigenvalue weighted by Gasteiger charge is 2.30. The Bertz CT molecular complexity index is 389. The zero-order chi connectivity index (χ0) is 14.5. The molecule has 0 aromatic heterocycles. The second kappa shape index (κ2) is 6.83. The molecule has 6 nitrogen and oxygen atoms in total. The van der Waals surface area contributed by atoms with Crippen molar-refractivity contribution in [3.05, 3.63) is 0 Å². The molecular weight excluding hydrogens is 260 g/mol. The number of nitrogens with zero attached hydrogens (tertiary/aromatic N) is 2. The van der Waals surface area contributed by atoms with E-state index in [2.05, 4.69) is 0 Å². The van der Waals surface area contributed by atoms with Gasteiger partial charge in [-0.25, -0.2) is 0 Å². The van der Waals surface area contributed by atoms with E-state index >= 15 is 0 Å². The Hall–Kier alpha value is -1.43. The van der Waals surface area contributed by atoms with Crippen LogP contribution < -0.4 is 0 Å². The van der Waals surface area contributed by atoms with Crippen molar-refractivity contribution in [2.24, 2.45) is 5.92 Å². The number of hydrogen-bond acceptors (Lipinski definition) is 5. The molecule has 2 aliphatic heterocycles. The molecule has 2 saturated heterocycles. The van der Waals surface area contributed by atoms with E-state index in [1.807, 2.05) is 4.90 Å². The van der Waals surface area contributed by atoms with E-state index < -0.39 is 0 Å². The average Bonchev–Trinajstić information content (AvgIpc) is 2.86. The molecular formula is C14H22N2O4. The van der Waals surface area contributed by atoms with Crippen LogP contribution in [0.4, 0.5) is 0 Å². The molecule has 0 aromatic rings. The topological polar surface area (TPSA) is 66.9 Å². The first-order chi connectivity index (χ1) is 9.61. The lowest BCUT2D eigenvalue weighted by molar-refractivity contribution is -0.149. The highest BCUT2D eigenvalue weighted by Crippen LogP contribution is 2.19. The van der Waals surface area contributed by atoms with Crippen molar-refractivity contribution in [2.45, 2.75) is 32.6 Å². The number of carbonyl (C=O) groups is 3. The van der Waals surface area contributed by atoms with E-state index in [0.29, 0.717) is 32.7 Å². The first kappa shape index (κ1) is 15.0. The normalized spacial score (nSPS) is 21.2. The first-order valence-corrected chi connectivity index (χ1v) is 7.34. The Morgan fingerprint density at radius 3 is 2.50 bits per heavy atom. The molecule has 0 aromatic carbocycles. The SMILES string of the molecule is CCOC(=O)C1CCN(CC(=O)N2CCCC2=O)CC1. The van der Waals surface area contributed by atoms with Crippen molar-refractivity contribution in [3.8, 4) is 0 Å². The highest BCUT2D eigenvalue weighted by atomic mass is 16.5. The van der Waals surface area contributed by atoms with Gasteiger partial charge in [0.25, 0.3) is 0 Å². The van der Waals surface area contributed by atoms with Crippen molar-refractivity contribution in [3.63, 3.8) is 0 Å². The highest BCUT2D eigenvalue weighted by molar-refractivity contribution is 5.97. The molecule has 0 saturated carbocycles. The van der Waals surface area contributed by atoms with Gasteiger partial charge in [0.05, 0.1) is 19.1 Å². The second-order valence-corrected chi connectivity index (χ2v) is 5.35. The van der Waals surface area contributed by atoms with E-state index in [9.17, 15) is 14.4 Å². The van der Waals surface area contributed by atoms with Crippen LogP contribution in [0.5, 0.6) is 0 Å². The van der Waals surface area contributed by atoms with Crippen molar-refractivity contribution in [1.29, 1.82) is 0 Å². The van der Waals surface area contributed by atoms with E-state index in [-0.39, 0.29) is 30.2 Å². The van der Waals surface area contributed by atoms with Crippen LogP contribution >= 0.6 is 0 Å². The maximum atomic E-state index is 12.0. The number of rotatable bonds is 4. The molecule has 2 heterocycles. The van der Waals surface area contributed by atoms with Gasteiger partial charge < -0.3 is 4.74 Å². The molecule has 0 atom stereocenters. The average molecular weight is 282 g/mol. The molecule has 0 unspecified atom stereocenters. The summed E-state index contributed by atoms with van der Waals surface area (Å²) in [5, 5.41) is 0. The van der Waals surface area contributed by atoms with Crippen molar-refractivity contribution in [2.75, 3.05) is 32.8 Å². The largest absolute Gasteiger partial charge is 0.466 e. The van der Waals surface area contributed by atoms with Crippen LogP contribution in [0.15, 0.2) is 0 Å². The molecule has 2 rings (SSSR count). The van der Waals surface area contributed by atoms with Crippen LogP contribution in [0.2, 0.25) is 0 Å².